The molecule has 4 rings (SSSR count). The van der Waals surface area contributed by atoms with Crippen LogP contribution in [0.5, 0.6) is 5.75 Å². The minimum atomic E-state index is -0.951. The van der Waals surface area contributed by atoms with Gasteiger partial charge >= 0.3 is 5.97 Å². The summed E-state index contributed by atoms with van der Waals surface area (Å²) in [5.74, 6) is -0.218. The highest BCUT2D eigenvalue weighted by atomic mass is 16.5. The van der Waals surface area contributed by atoms with E-state index in [9.17, 15) is 9.90 Å². The Labute approximate surface area is 157 Å². The van der Waals surface area contributed by atoms with Gasteiger partial charge in [-0.2, -0.15) is 0 Å². The summed E-state index contributed by atoms with van der Waals surface area (Å²) in [5.41, 5.74) is 2.05. The molecule has 132 valence electrons. The standard InChI is InChI=1S/C24H18O3/c25-24(26)19-11-6-10-18(16-19)23(27-20-12-2-1-3-13-20)22-15-7-9-17-8-4-5-14-21(17)22/h1-16,23H,(H,25,26). The summed E-state index contributed by atoms with van der Waals surface area (Å²) < 4.78 is 6.34. The first-order valence-corrected chi connectivity index (χ1v) is 8.75. The van der Waals surface area contributed by atoms with E-state index in [2.05, 4.69) is 18.2 Å². The lowest BCUT2D eigenvalue weighted by Gasteiger charge is -2.22. The molecule has 4 aromatic carbocycles. The van der Waals surface area contributed by atoms with Gasteiger partial charge in [0.2, 0.25) is 0 Å². The van der Waals surface area contributed by atoms with Gasteiger partial charge in [-0.05, 0) is 40.6 Å². The van der Waals surface area contributed by atoms with Crippen molar-refractivity contribution in [3.05, 3.63) is 114 Å². The van der Waals surface area contributed by atoms with Crippen molar-refractivity contribution in [1.82, 2.24) is 0 Å². The van der Waals surface area contributed by atoms with Crippen LogP contribution in [-0.4, -0.2) is 11.1 Å². The van der Waals surface area contributed by atoms with E-state index in [-0.39, 0.29) is 5.56 Å². The molecule has 27 heavy (non-hydrogen) atoms. The Bertz CT molecular complexity index is 1080. The highest BCUT2D eigenvalue weighted by Crippen LogP contribution is 2.33. The summed E-state index contributed by atoms with van der Waals surface area (Å²) in [4.78, 5) is 11.4. The van der Waals surface area contributed by atoms with Gasteiger partial charge in [0.05, 0.1) is 5.56 Å². The van der Waals surface area contributed by atoms with E-state index in [4.69, 9.17) is 4.74 Å². The molecule has 1 atom stereocenters. The number of carbonyl (C=O) groups is 1. The molecule has 0 aliphatic heterocycles. The number of benzene rings is 4. The molecule has 3 heteroatoms. The largest absolute Gasteiger partial charge is 0.481 e. The molecule has 1 unspecified atom stereocenters. The molecule has 0 spiro atoms. The summed E-state index contributed by atoms with van der Waals surface area (Å²) in [5, 5.41) is 11.6. The molecule has 4 aromatic rings. The van der Waals surface area contributed by atoms with E-state index in [1.165, 1.54) is 0 Å². The maximum atomic E-state index is 11.4. The van der Waals surface area contributed by atoms with Gasteiger partial charge in [-0.15, -0.1) is 0 Å². The number of para-hydroxylation sites is 1. The van der Waals surface area contributed by atoms with E-state index in [0.717, 1.165) is 27.6 Å². The van der Waals surface area contributed by atoms with Gasteiger partial charge in [-0.1, -0.05) is 72.8 Å². The minimum absolute atomic E-state index is 0.245. The molecule has 0 aromatic heterocycles. The van der Waals surface area contributed by atoms with Crippen molar-refractivity contribution in [3.63, 3.8) is 0 Å². The van der Waals surface area contributed by atoms with Gasteiger partial charge in [0.25, 0.3) is 0 Å². The second-order valence-electron chi connectivity index (χ2n) is 6.31. The first-order chi connectivity index (χ1) is 13.2. The molecule has 0 saturated heterocycles. The summed E-state index contributed by atoms with van der Waals surface area (Å²) in [6, 6.07) is 30.7. The normalized spacial score (nSPS) is 11.9. The van der Waals surface area contributed by atoms with Crippen molar-refractivity contribution in [3.8, 4) is 5.75 Å². The van der Waals surface area contributed by atoms with Crippen LogP contribution in [0.3, 0.4) is 0 Å². The van der Waals surface area contributed by atoms with Crippen LogP contribution >= 0.6 is 0 Å². The lowest BCUT2D eigenvalue weighted by atomic mass is 9.94. The second kappa shape index (κ2) is 7.34. The number of ether oxygens (including phenoxy) is 1. The average molecular weight is 354 g/mol. The number of carboxylic acids is 1. The molecule has 0 aliphatic rings. The molecule has 0 bridgehead atoms. The van der Waals surface area contributed by atoms with Crippen molar-refractivity contribution in [2.75, 3.05) is 0 Å². The molecular weight excluding hydrogens is 336 g/mol. The van der Waals surface area contributed by atoms with E-state index >= 15 is 0 Å². The smallest absolute Gasteiger partial charge is 0.335 e. The summed E-state index contributed by atoms with van der Waals surface area (Å²) in [6.45, 7) is 0. The van der Waals surface area contributed by atoms with Crippen LogP contribution in [0.15, 0.2) is 97.1 Å². The third kappa shape index (κ3) is 3.53. The fraction of sp³-hybridized carbons (Fsp3) is 0.0417. The Morgan fingerprint density at radius 2 is 1.48 bits per heavy atom. The number of fused-ring (bicyclic) bond motifs is 1. The van der Waals surface area contributed by atoms with Gasteiger partial charge in [-0.3, -0.25) is 0 Å². The molecule has 0 amide bonds. The molecule has 1 N–H and O–H groups in total. The predicted octanol–water partition coefficient (Wildman–Crippen LogP) is 5.71. The minimum Gasteiger partial charge on any atom is -0.481 e. The maximum absolute atomic E-state index is 11.4. The van der Waals surface area contributed by atoms with Crippen LogP contribution in [0, 0.1) is 0 Å². The van der Waals surface area contributed by atoms with E-state index in [1.54, 1.807) is 18.2 Å². The zero-order valence-electron chi connectivity index (χ0n) is 14.6. The number of hydrogen-bond acceptors (Lipinski definition) is 2. The quantitative estimate of drug-likeness (QED) is 0.499. The molecule has 0 aliphatic carbocycles. The second-order valence-corrected chi connectivity index (χ2v) is 6.31. The molecule has 0 saturated carbocycles. The summed E-state index contributed by atoms with van der Waals surface area (Å²) in [7, 11) is 0. The van der Waals surface area contributed by atoms with Crippen molar-refractivity contribution in [1.29, 1.82) is 0 Å². The maximum Gasteiger partial charge on any atom is 0.335 e. The average Bonchev–Trinajstić information content (AvgIpc) is 2.72. The van der Waals surface area contributed by atoms with Crippen molar-refractivity contribution < 1.29 is 14.6 Å². The third-order valence-corrected chi connectivity index (χ3v) is 4.54. The van der Waals surface area contributed by atoms with Crippen molar-refractivity contribution in [2.45, 2.75) is 6.10 Å². The molecular formula is C24H18O3. The van der Waals surface area contributed by atoms with E-state index in [0.29, 0.717) is 0 Å². The molecule has 3 nitrogen and oxygen atoms in total. The van der Waals surface area contributed by atoms with Crippen LogP contribution in [0.2, 0.25) is 0 Å². The number of aromatic carboxylic acids is 1. The Morgan fingerprint density at radius 3 is 2.30 bits per heavy atom. The van der Waals surface area contributed by atoms with Crippen LogP contribution < -0.4 is 4.74 Å². The highest BCUT2D eigenvalue weighted by Gasteiger charge is 2.20. The Hall–Kier alpha value is -3.59. The van der Waals surface area contributed by atoms with E-state index < -0.39 is 12.1 Å². The highest BCUT2D eigenvalue weighted by molar-refractivity contribution is 5.88. The predicted molar refractivity (Wildman–Crippen MR) is 106 cm³/mol. The Kier molecular flexibility index (Phi) is 4.58. The summed E-state index contributed by atoms with van der Waals surface area (Å²) in [6.07, 6.45) is -0.419. The topological polar surface area (TPSA) is 46.5 Å². The van der Waals surface area contributed by atoms with Gasteiger partial charge in [0.15, 0.2) is 0 Å². The number of carboxylic acid groups (broad SMARTS) is 1. The molecule has 0 fully saturated rings. The van der Waals surface area contributed by atoms with Crippen LogP contribution in [0.4, 0.5) is 0 Å². The van der Waals surface area contributed by atoms with Gasteiger partial charge in [0, 0.05) is 5.56 Å². The van der Waals surface area contributed by atoms with E-state index in [1.807, 2.05) is 60.7 Å². The number of rotatable bonds is 5. The zero-order valence-corrected chi connectivity index (χ0v) is 14.6. The van der Waals surface area contributed by atoms with Gasteiger partial charge in [-0.25, -0.2) is 4.79 Å². The van der Waals surface area contributed by atoms with Crippen molar-refractivity contribution in [2.24, 2.45) is 0 Å². The SMILES string of the molecule is O=C(O)c1cccc(C(Oc2ccccc2)c2cccc3ccccc23)c1. The monoisotopic (exact) mass is 354 g/mol. The first kappa shape index (κ1) is 16.9. The summed E-state index contributed by atoms with van der Waals surface area (Å²) >= 11 is 0. The van der Waals surface area contributed by atoms with Gasteiger partial charge in [0.1, 0.15) is 11.9 Å². The lowest BCUT2D eigenvalue weighted by Crippen LogP contribution is -2.11. The molecule has 0 radical (unpaired) electrons. The number of hydrogen-bond donors (Lipinski definition) is 1. The van der Waals surface area contributed by atoms with Crippen LogP contribution in [0.1, 0.15) is 27.6 Å². The first-order valence-electron chi connectivity index (χ1n) is 8.75. The van der Waals surface area contributed by atoms with Crippen molar-refractivity contribution >= 4 is 16.7 Å². The van der Waals surface area contributed by atoms with Gasteiger partial charge < -0.3 is 9.84 Å². The molecule has 0 heterocycles. The fourth-order valence-electron chi connectivity index (χ4n) is 3.26. The fourth-order valence-corrected chi connectivity index (χ4v) is 3.26. The Balaban J connectivity index is 1.88. The lowest BCUT2D eigenvalue weighted by molar-refractivity contribution is 0.0696. The third-order valence-electron chi connectivity index (χ3n) is 4.54. The van der Waals surface area contributed by atoms with Crippen LogP contribution in [-0.2, 0) is 0 Å². The zero-order chi connectivity index (χ0) is 18.6. The Morgan fingerprint density at radius 1 is 0.778 bits per heavy atom. The van der Waals surface area contributed by atoms with Crippen LogP contribution in [0.25, 0.3) is 10.8 Å².